The normalized spacial score (nSPS) is 14.0. The standard InChI is InChI=1S/C23H20N4O6/c1-30-17-8-3-14(11-18(17)31-2)21-20-22(33-25-21)24-13-27(23(20)29)16-6-4-15(5-7-16)26-9-10-32-12-19(26)28/h3-8,11,13H,9-10,12H2,1-2H3. The van der Waals surface area contributed by atoms with Crippen molar-refractivity contribution in [2.45, 2.75) is 0 Å². The number of benzene rings is 2. The van der Waals surface area contributed by atoms with E-state index in [2.05, 4.69) is 10.1 Å². The third-order valence-electron chi connectivity index (χ3n) is 5.48. The third-order valence-corrected chi connectivity index (χ3v) is 5.48. The summed E-state index contributed by atoms with van der Waals surface area (Å²) in [6.45, 7) is 1.04. The number of fused-ring (bicyclic) bond motifs is 1. The molecule has 2 aromatic heterocycles. The van der Waals surface area contributed by atoms with Gasteiger partial charge in [0.05, 0.1) is 26.5 Å². The van der Waals surface area contributed by atoms with Crippen LogP contribution >= 0.6 is 0 Å². The molecule has 1 amide bonds. The summed E-state index contributed by atoms with van der Waals surface area (Å²) in [7, 11) is 3.08. The lowest BCUT2D eigenvalue weighted by Gasteiger charge is -2.26. The molecule has 33 heavy (non-hydrogen) atoms. The first-order chi connectivity index (χ1) is 16.1. The number of anilines is 1. The molecule has 0 spiro atoms. The van der Waals surface area contributed by atoms with Crippen LogP contribution in [-0.4, -0.2) is 54.6 Å². The maximum absolute atomic E-state index is 13.4. The first kappa shape index (κ1) is 20.7. The van der Waals surface area contributed by atoms with Crippen LogP contribution < -0.4 is 19.9 Å². The smallest absolute Gasteiger partial charge is 0.271 e. The molecule has 4 aromatic rings. The van der Waals surface area contributed by atoms with E-state index in [0.717, 1.165) is 5.69 Å². The molecule has 10 heteroatoms. The van der Waals surface area contributed by atoms with Gasteiger partial charge >= 0.3 is 0 Å². The van der Waals surface area contributed by atoms with Crippen LogP contribution in [0.3, 0.4) is 0 Å². The van der Waals surface area contributed by atoms with Gasteiger partial charge in [0.2, 0.25) is 0 Å². The van der Waals surface area contributed by atoms with E-state index in [1.54, 1.807) is 54.5 Å². The van der Waals surface area contributed by atoms with Gasteiger partial charge in [0.1, 0.15) is 24.0 Å². The fraction of sp³-hybridized carbons (Fsp3) is 0.217. The zero-order chi connectivity index (χ0) is 22.9. The summed E-state index contributed by atoms with van der Waals surface area (Å²) >= 11 is 0. The first-order valence-corrected chi connectivity index (χ1v) is 10.2. The average Bonchev–Trinajstić information content (AvgIpc) is 3.29. The molecule has 1 saturated heterocycles. The summed E-state index contributed by atoms with van der Waals surface area (Å²) in [6.07, 6.45) is 1.39. The van der Waals surface area contributed by atoms with Crippen molar-refractivity contribution in [2.24, 2.45) is 0 Å². The molecule has 0 saturated carbocycles. The van der Waals surface area contributed by atoms with Gasteiger partial charge in [-0.3, -0.25) is 14.2 Å². The maximum atomic E-state index is 13.4. The second-order valence-corrected chi connectivity index (χ2v) is 7.32. The van der Waals surface area contributed by atoms with Gasteiger partial charge in [0.25, 0.3) is 17.2 Å². The molecule has 0 N–H and O–H groups in total. The van der Waals surface area contributed by atoms with Gasteiger partial charge in [-0.2, -0.15) is 0 Å². The predicted octanol–water partition coefficient (Wildman–Crippen LogP) is 2.42. The minimum atomic E-state index is -0.332. The Hall–Kier alpha value is -4.18. The SMILES string of the molecule is COc1ccc(-c2noc3ncn(-c4ccc(N5CCOCC5=O)cc4)c(=O)c23)cc1OC. The van der Waals surface area contributed by atoms with Crippen LogP contribution in [0, 0.1) is 0 Å². The molecule has 0 aliphatic carbocycles. The summed E-state index contributed by atoms with van der Waals surface area (Å²) in [4.78, 5) is 31.4. The van der Waals surface area contributed by atoms with Crippen molar-refractivity contribution in [3.8, 4) is 28.4 Å². The Kier molecular flexibility index (Phi) is 5.27. The van der Waals surface area contributed by atoms with Gasteiger partial charge < -0.3 is 23.6 Å². The Morgan fingerprint density at radius 1 is 0.970 bits per heavy atom. The van der Waals surface area contributed by atoms with Gasteiger partial charge in [0, 0.05) is 17.8 Å². The topological polar surface area (TPSA) is 109 Å². The van der Waals surface area contributed by atoms with E-state index < -0.39 is 0 Å². The highest BCUT2D eigenvalue weighted by Crippen LogP contribution is 2.33. The zero-order valence-corrected chi connectivity index (χ0v) is 18.0. The van der Waals surface area contributed by atoms with Crippen molar-refractivity contribution < 1.29 is 23.5 Å². The third kappa shape index (κ3) is 3.60. The van der Waals surface area contributed by atoms with Crippen LogP contribution in [-0.2, 0) is 9.53 Å². The van der Waals surface area contributed by atoms with Crippen LogP contribution in [0.4, 0.5) is 5.69 Å². The van der Waals surface area contributed by atoms with E-state index in [4.69, 9.17) is 18.7 Å². The van der Waals surface area contributed by atoms with Gasteiger partial charge in [-0.1, -0.05) is 5.16 Å². The van der Waals surface area contributed by atoms with Crippen molar-refractivity contribution in [2.75, 3.05) is 38.9 Å². The number of hydrogen-bond donors (Lipinski definition) is 0. The van der Waals surface area contributed by atoms with Crippen LogP contribution in [0.5, 0.6) is 11.5 Å². The van der Waals surface area contributed by atoms with Crippen LogP contribution in [0.25, 0.3) is 28.0 Å². The number of rotatable bonds is 5. The minimum Gasteiger partial charge on any atom is -0.493 e. The monoisotopic (exact) mass is 448 g/mol. The molecule has 2 aromatic carbocycles. The number of methoxy groups -OCH3 is 2. The number of carbonyl (C=O) groups is 1. The maximum Gasteiger partial charge on any atom is 0.271 e. The zero-order valence-electron chi connectivity index (χ0n) is 18.0. The fourth-order valence-electron chi connectivity index (χ4n) is 3.79. The summed E-state index contributed by atoms with van der Waals surface area (Å²) in [6, 6.07) is 12.3. The molecule has 10 nitrogen and oxygen atoms in total. The number of hydrogen-bond acceptors (Lipinski definition) is 8. The van der Waals surface area contributed by atoms with E-state index in [1.807, 2.05) is 0 Å². The van der Waals surface area contributed by atoms with E-state index >= 15 is 0 Å². The number of ether oxygens (including phenoxy) is 3. The first-order valence-electron chi connectivity index (χ1n) is 10.2. The fourth-order valence-corrected chi connectivity index (χ4v) is 3.79. The molecule has 0 unspecified atom stereocenters. The van der Waals surface area contributed by atoms with Gasteiger partial charge in [-0.25, -0.2) is 4.98 Å². The van der Waals surface area contributed by atoms with Crippen molar-refractivity contribution in [3.63, 3.8) is 0 Å². The average molecular weight is 448 g/mol. The van der Waals surface area contributed by atoms with Crippen LogP contribution in [0.2, 0.25) is 0 Å². The van der Waals surface area contributed by atoms with E-state index in [9.17, 15) is 9.59 Å². The largest absolute Gasteiger partial charge is 0.493 e. The highest BCUT2D eigenvalue weighted by Gasteiger charge is 2.21. The van der Waals surface area contributed by atoms with E-state index in [-0.39, 0.29) is 29.2 Å². The highest BCUT2D eigenvalue weighted by molar-refractivity contribution is 5.95. The summed E-state index contributed by atoms with van der Waals surface area (Å²) in [5.74, 6) is 0.963. The Morgan fingerprint density at radius 2 is 1.73 bits per heavy atom. The number of amides is 1. The van der Waals surface area contributed by atoms with Crippen molar-refractivity contribution >= 4 is 22.7 Å². The number of aromatic nitrogens is 3. The van der Waals surface area contributed by atoms with Crippen LogP contribution in [0.15, 0.2) is 58.1 Å². The molecular formula is C23H20N4O6. The molecular weight excluding hydrogens is 428 g/mol. The molecule has 168 valence electrons. The Balaban J connectivity index is 1.55. The summed E-state index contributed by atoms with van der Waals surface area (Å²) in [5.41, 5.74) is 2.12. The van der Waals surface area contributed by atoms with Gasteiger partial charge in [-0.05, 0) is 42.5 Å². The molecule has 1 aliphatic heterocycles. The predicted molar refractivity (Wildman–Crippen MR) is 119 cm³/mol. The second-order valence-electron chi connectivity index (χ2n) is 7.32. The van der Waals surface area contributed by atoms with Crippen molar-refractivity contribution in [1.82, 2.24) is 14.7 Å². The quantitative estimate of drug-likeness (QED) is 0.458. The van der Waals surface area contributed by atoms with Crippen molar-refractivity contribution in [1.29, 1.82) is 0 Å². The molecule has 3 heterocycles. The summed E-state index contributed by atoms with van der Waals surface area (Å²) < 4.78 is 22.5. The van der Waals surface area contributed by atoms with Crippen molar-refractivity contribution in [3.05, 3.63) is 59.1 Å². The Labute approximate surface area is 187 Å². The number of carbonyl (C=O) groups excluding carboxylic acids is 1. The van der Waals surface area contributed by atoms with Crippen LogP contribution in [0.1, 0.15) is 0 Å². The molecule has 1 fully saturated rings. The Bertz CT molecular complexity index is 1390. The highest BCUT2D eigenvalue weighted by atomic mass is 16.5. The van der Waals surface area contributed by atoms with Gasteiger partial charge in [0.15, 0.2) is 11.5 Å². The number of morpholine rings is 1. The lowest BCUT2D eigenvalue weighted by Crippen LogP contribution is -2.41. The lowest BCUT2D eigenvalue weighted by atomic mass is 10.1. The molecule has 1 aliphatic rings. The molecule has 5 rings (SSSR count). The summed E-state index contributed by atoms with van der Waals surface area (Å²) in [5, 5.41) is 4.32. The van der Waals surface area contributed by atoms with Gasteiger partial charge in [-0.15, -0.1) is 0 Å². The lowest BCUT2D eigenvalue weighted by molar-refractivity contribution is -0.125. The van der Waals surface area contributed by atoms with E-state index in [0.29, 0.717) is 41.6 Å². The second kappa shape index (κ2) is 8.40. The Morgan fingerprint density at radius 3 is 2.45 bits per heavy atom. The molecule has 0 atom stereocenters. The molecule has 0 bridgehead atoms. The number of nitrogens with zero attached hydrogens (tertiary/aromatic N) is 4. The minimum absolute atomic E-state index is 0.0637. The molecule has 0 radical (unpaired) electrons. The van der Waals surface area contributed by atoms with E-state index in [1.165, 1.54) is 18.0 Å².